The van der Waals surface area contributed by atoms with E-state index in [4.69, 9.17) is 5.73 Å². The largest absolute Gasteiger partial charge is 0.369 e. The molecule has 0 bridgehead atoms. The van der Waals surface area contributed by atoms with Crippen molar-refractivity contribution in [3.05, 3.63) is 30.3 Å². The van der Waals surface area contributed by atoms with E-state index < -0.39 is 0 Å². The molecule has 16 heavy (non-hydrogen) atoms. The lowest BCUT2D eigenvalue weighted by Gasteiger charge is -2.17. The summed E-state index contributed by atoms with van der Waals surface area (Å²) in [5.74, 6) is 2.26. The molecule has 1 aromatic rings. The van der Waals surface area contributed by atoms with Crippen molar-refractivity contribution in [3.8, 4) is 0 Å². The van der Waals surface area contributed by atoms with Crippen LogP contribution in [-0.4, -0.2) is 24.5 Å². The number of guanidine groups is 1. The van der Waals surface area contributed by atoms with Crippen molar-refractivity contribution < 1.29 is 0 Å². The van der Waals surface area contributed by atoms with E-state index in [1.165, 1.54) is 6.42 Å². The smallest absolute Gasteiger partial charge is 0.196 e. The van der Waals surface area contributed by atoms with E-state index in [0.29, 0.717) is 5.96 Å². The first-order chi connectivity index (χ1) is 7.66. The molecule has 0 heterocycles. The van der Waals surface area contributed by atoms with Crippen molar-refractivity contribution in [2.24, 2.45) is 22.6 Å². The Morgan fingerprint density at radius 1 is 1.44 bits per heavy atom. The van der Waals surface area contributed by atoms with E-state index in [1.807, 2.05) is 42.3 Å². The van der Waals surface area contributed by atoms with Crippen LogP contribution in [-0.2, 0) is 0 Å². The summed E-state index contributed by atoms with van der Waals surface area (Å²) in [7, 11) is 2.01. The van der Waals surface area contributed by atoms with Gasteiger partial charge in [-0.2, -0.15) is 0 Å². The van der Waals surface area contributed by atoms with Crippen LogP contribution in [0.5, 0.6) is 0 Å². The maximum Gasteiger partial charge on any atom is 0.196 e. The van der Waals surface area contributed by atoms with Gasteiger partial charge in [0.1, 0.15) is 0 Å². The highest BCUT2D eigenvalue weighted by molar-refractivity contribution is 5.80. The summed E-state index contributed by atoms with van der Waals surface area (Å²) >= 11 is 0. The van der Waals surface area contributed by atoms with Gasteiger partial charge < -0.3 is 10.6 Å². The minimum absolute atomic E-state index is 0.602. The Bertz CT molecular complexity index is 372. The third kappa shape index (κ3) is 2.75. The minimum Gasteiger partial charge on any atom is -0.369 e. The van der Waals surface area contributed by atoms with Crippen LogP contribution in [0.4, 0.5) is 5.69 Å². The first-order valence-electron chi connectivity index (χ1n) is 5.77. The van der Waals surface area contributed by atoms with E-state index >= 15 is 0 Å². The predicted molar refractivity (Wildman–Crippen MR) is 67.6 cm³/mol. The normalized spacial score (nSPS) is 24.2. The second-order valence-electron chi connectivity index (χ2n) is 4.66. The topological polar surface area (TPSA) is 41.6 Å². The Morgan fingerprint density at radius 2 is 2.06 bits per heavy atom. The molecule has 0 aliphatic heterocycles. The van der Waals surface area contributed by atoms with Crippen LogP contribution in [0, 0.1) is 11.8 Å². The van der Waals surface area contributed by atoms with Crippen LogP contribution >= 0.6 is 0 Å². The number of nitrogens with two attached hydrogens (primary N) is 1. The number of aliphatic imine (C=N–C) groups is 1. The number of rotatable bonds is 3. The van der Waals surface area contributed by atoms with Gasteiger partial charge in [-0.25, -0.2) is 4.99 Å². The second-order valence-corrected chi connectivity index (χ2v) is 4.66. The van der Waals surface area contributed by atoms with Crippen LogP contribution in [0.1, 0.15) is 13.3 Å². The maximum absolute atomic E-state index is 5.95. The molecule has 3 heteroatoms. The Morgan fingerprint density at radius 3 is 2.62 bits per heavy atom. The molecule has 1 aliphatic rings. The second kappa shape index (κ2) is 4.56. The fraction of sp³-hybridized carbons (Fsp3) is 0.462. The molecular weight excluding hydrogens is 198 g/mol. The minimum atomic E-state index is 0.602. The monoisotopic (exact) mass is 217 g/mol. The van der Waals surface area contributed by atoms with Gasteiger partial charge in [-0.3, -0.25) is 0 Å². The number of hydrogen-bond donors (Lipinski definition) is 1. The van der Waals surface area contributed by atoms with Crippen LogP contribution in [0.25, 0.3) is 0 Å². The molecule has 1 aliphatic carbocycles. The Balaban J connectivity index is 1.95. The van der Waals surface area contributed by atoms with Crippen molar-refractivity contribution in [2.45, 2.75) is 13.3 Å². The molecule has 3 nitrogen and oxygen atoms in total. The van der Waals surface area contributed by atoms with Gasteiger partial charge in [-0.15, -0.1) is 0 Å². The zero-order valence-corrected chi connectivity index (χ0v) is 9.93. The van der Waals surface area contributed by atoms with E-state index in [0.717, 1.165) is 24.1 Å². The fourth-order valence-electron chi connectivity index (χ4n) is 1.82. The quantitative estimate of drug-likeness (QED) is 0.623. The summed E-state index contributed by atoms with van der Waals surface area (Å²) in [6, 6.07) is 9.83. The molecule has 1 fully saturated rings. The van der Waals surface area contributed by atoms with E-state index in [2.05, 4.69) is 11.9 Å². The molecule has 1 saturated carbocycles. The summed E-state index contributed by atoms with van der Waals surface area (Å²) in [6.07, 6.45) is 1.32. The van der Waals surface area contributed by atoms with Gasteiger partial charge in [0, 0.05) is 13.6 Å². The lowest BCUT2D eigenvalue weighted by molar-refractivity contribution is 0.458. The molecule has 0 aromatic heterocycles. The first-order valence-corrected chi connectivity index (χ1v) is 5.77. The summed E-state index contributed by atoms with van der Waals surface area (Å²) in [5, 5.41) is 0. The Kier molecular flexibility index (Phi) is 3.13. The van der Waals surface area contributed by atoms with Crippen molar-refractivity contribution in [3.63, 3.8) is 0 Å². The van der Waals surface area contributed by atoms with Gasteiger partial charge in [0.25, 0.3) is 0 Å². The van der Waals surface area contributed by atoms with E-state index in [1.54, 1.807) is 0 Å². The van der Waals surface area contributed by atoms with Crippen LogP contribution in [0.3, 0.4) is 0 Å². The number of nitrogens with zero attached hydrogens (tertiary/aromatic N) is 2. The van der Waals surface area contributed by atoms with Crippen molar-refractivity contribution in [1.82, 2.24) is 4.90 Å². The summed E-state index contributed by atoms with van der Waals surface area (Å²) in [4.78, 5) is 6.43. The summed E-state index contributed by atoms with van der Waals surface area (Å²) < 4.78 is 0. The van der Waals surface area contributed by atoms with E-state index in [-0.39, 0.29) is 0 Å². The number of para-hydroxylation sites is 1. The average Bonchev–Trinajstić information content (AvgIpc) is 2.95. The first kappa shape index (κ1) is 11.0. The standard InChI is InChI=1S/C13H19N3/c1-10-8-11(10)9-16(2)13(14)15-12-6-4-3-5-7-12/h3-7,10-11H,8-9H2,1-2H3,(H2,14,15). The highest BCUT2D eigenvalue weighted by atomic mass is 15.2. The third-order valence-electron chi connectivity index (χ3n) is 3.18. The zero-order valence-electron chi connectivity index (χ0n) is 9.93. The molecule has 0 amide bonds. The average molecular weight is 217 g/mol. The lowest BCUT2D eigenvalue weighted by atomic mass is 10.3. The third-order valence-corrected chi connectivity index (χ3v) is 3.18. The molecule has 2 atom stereocenters. The van der Waals surface area contributed by atoms with Gasteiger partial charge in [0.15, 0.2) is 5.96 Å². The van der Waals surface area contributed by atoms with Gasteiger partial charge in [-0.1, -0.05) is 25.1 Å². The molecule has 2 unspecified atom stereocenters. The molecule has 0 spiro atoms. The zero-order chi connectivity index (χ0) is 11.5. The molecule has 2 N–H and O–H groups in total. The Labute approximate surface area is 97.0 Å². The molecular formula is C13H19N3. The van der Waals surface area contributed by atoms with Crippen LogP contribution < -0.4 is 5.73 Å². The van der Waals surface area contributed by atoms with Crippen molar-refractivity contribution in [2.75, 3.05) is 13.6 Å². The number of benzene rings is 1. The Hall–Kier alpha value is -1.51. The van der Waals surface area contributed by atoms with Crippen LogP contribution in [0.15, 0.2) is 35.3 Å². The van der Waals surface area contributed by atoms with Crippen molar-refractivity contribution in [1.29, 1.82) is 0 Å². The molecule has 0 radical (unpaired) electrons. The maximum atomic E-state index is 5.95. The van der Waals surface area contributed by atoms with Crippen molar-refractivity contribution >= 4 is 11.6 Å². The summed E-state index contributed by atoms with van der Waals surface area (Å²) in [6.45, 7) is 3.30. The highest BCUT2D eigenvalue weighted by Gasteiger charge is 2.33. The highest BCUT2D eigenvalue weighted by Crippen LogP contribution is 2.37. The van der Waals surface area contributed by atoms with Crippen LogP contribution in [0.2, 0.25) is 0 Å². The number of hydrogen-bond acceptors (Lipinski definition) is 1. The summed E-state index contributed by atoms with van der Waals surface area (Å²) in [5.41, 5.74) is 6.86. The lowest BCUT2D eigenvalue weighted by Crippen LogP contribution is -2.35. The van der Waals surface area contributed by atoms with Gasteiger partial charge in [0.05, 0.1) is 5.69 Å². The SMILES string of the molecule is CC1CC1CN(C)C(N)=Nc1ccccc1. The molecule has 2 rings (SSSR count). The van der Waals surface area contributed by atoms with E-state index in [9.17, 15) is 0 Å². The molecule has 86 valence electrons. The van der Waals surface area contributed by atoms with Gasteiger partial charge in [0.2, 0.25) is 0 Å². The molecule has 0 saturated heterocycles. The van der Waals surface area contributed by atoms with Gasteiger partial charge in [-0.05, 0) is 30.4 Å². The van der Waals surface area contributed by atoms with Gasteiger partial charge >= 0.3 is 0 Å². The fourth-order valence-corrected chi connectivity index (χ4v) is 1.82. The molecule has 1 aromatic carbocycles. The predicted octanol–water partition coefficient (Wildman–Crippen LogP) is 2.22.